The van der Waals surface area contributed by atoms with Crippen LogP contribution in [0.1, 0.15) is 26.7 Å². The Morgan fingerprint density at radius 3 is 2.79 bits per heavy atom. The van der Waals surface area contributed by atoms with Crippen LogP contribution in [0.2, 0.25) is 0 Å². The Morgan fingerprint density at radius 2 is 2.14 bits per heavy atom. The molecule has 0 radical (unpaired) electrons. The van der Waals surface area contributed by atoms with Crippen LogP contribution in [0, 0.1) is 11.8 Å². The molecule has 1 N–H and O–H groups in total. The van der Waals surface area contributed by atoms with Crippen molar-refractivity contribution in [2.24, 2.45) is 11.8 Å². The number of rotatable bonds is 0. The average Bonchev–Trinajstić information content (AvgIpc) is 2.31. The minimum Gasteiger partial charge on any atom is -0.462 e. The smallest absolute Gasteiger partial charge is 0.309 e. The first kappa shape index (κ1) is 9.65. The predicted octanol–water partition coefficient (Wildman–Crippen LogP) is 0.278. The number of ether oxygens (including phenoxy) is 1. The number of ketones is 1. The van der Waals surface area contributed by atoms with Crippen LogP contribution in [0.5, 0.6) is 0 Å². The van der Waals surface area contributed by atoms with Gasteiger partial charge in [-0.25, -0.2) is 0 Å². The van der Waals surface area contributed by atoms with Gasteiger partial charge in [-0.3, -0.25) is 9.59 Å². The lowest BCUT2D eigenvalue weighted by atomic mass is 9.74. The summed E-state index contributed by atoms with van der Waals surface area (Å²) in [5.41, 5.74) is -1.31. The van der Waals surface area contributed by atoms with Crippen LogP contribution in [-0.4, -0.2) is 28.6 Å². The van der Waals surface area contributed by atoms with Gasteiger partial charge in [0.25, 0.3) is 0 Å². The number of hydrogen-bond donors (Lipinski definition) is 1. The third kappa shape index (κ3) is 1.25. The molecule has 0 spiro atoms. The van der Waals surface area contributed by atoms with Gasteiger partial charge in [-0.05, 0) is 6.92 Å². The number of esters is 1. The molecular formula is C10H14O4. The number of carbonyl (C=O) groups is 2. The molecule has 2 aliphatic rings. The van der Waals surface area contributed by atoms with E-state index >= 15 is 0 Å². The Bertz CT molecular complexity index is 294. The third-order valence-electron chi connectivity index (χ3n) is 3.38. The lowest BCUT2D eigenvalue weighted by Crippen LogP contribution is -2.47. The topological polar surface area (TPSA) is 63.6 Å². The fourth-order valence-electron chi connectivity index (χ4n) is 2.28. The minimum atomic E-state index is -1.31. The van der Waals surface area contributed by atoms with E-state index in [-0.39, 0.29) is 42.5 Å². The highest BCUT2D eigenvalue weighted by Gasteiger charge is 2.51. The highest BCUT2D eigenvalue weighted by molar-refractivity contribution is 5.89. The fraction of sp³-hybridized carbons (Fsp3) is 0.800. The maximum absolute atomic E-state index is 11.5. The predicted molar refractivity (Wildman–Crippen MR) is 47.4 cm³/mol. The molecule has 4 heteroatoms. The van der Waals surface area contributed by atoms with Gasteiger partial charge in [-0.1, -0.05) is 6.92 Å². The van der Waals surface area contributed by atoms with E-state index in [1.165, 1.54) is 6.92 Å². The number of fused-ring (bicyclic) bond motifs is 1. The van der Waals surface area contributed by atoms with Gasteiger partial charge >= 0.3 is 5.97 Å². The Morgan fingerprint density at radius 1 is 1.50 bits per heavy atom. The second-order valence-corrected chi connectivity index (χ2v) is 4.53. The molecule has 1 heterocycles. The van der Waals surface area contributed by atoms with Gasteiger partial charge in [-0.2, -0.15) is 0 Å². The van der Waals surface area contributed by atoms with Crippen LogP contribution in [0.4, 0.5) is 0 Å². The van der Waals surface area contributed by atoms with E-state index in [1.807, 2.05) is 0 Å². The summed E-state index contributed by atoms with van der Waals surface area (Å²) < 4.78 is 5.11. The molecule has 78 valence electrons. The summed E-state index contributed by atoms with van der Waals surface area (Å²) in [5.74, 6) is -0.662. The SMILES string of the molecule is C[C@@H]1C(=O)O[C@H]2C[C@](C)(O)C(=O)C[C@H]21. The molecule has 0 amide bonds. The summed E-state index contributed by atoms with van der Waals surface area (Å²) >= 11 is 0. The van der Waals surface area contributed by atoms with Crippen molar-refractivity contribution >= 4 is 11.8 Å². The van der Waals surface area contributed by atoms with Crippen molar-refractivity contribution in [2.75, 3.05) is 0 Å². The molecule has 2 rings (SSSR count). The van der Waals surface area contributed by atoms with E-state index < -0.39 is 5.60 Å². The van der Waals surface area contributed by atoms with Crippen molar-refractivity contribution in [3.63, 3.8) is 0 Å². The number of hydrogen-bond acceptors (Lipinski definition) is 4. The highest BCUT2D eigenvalue weighted by Crippen LogP contribution is 2.40. The van der Waals surface area contributed by atoms with Crippen LogP contribution in [0.25, 0.3) is 0 Å². The fourth-order valence-corrected chi connectivity index (χ4v) is 2.28. The van der Waals surface area contributed by atoms with E-state index in [0.29, 0.717) is 0 Å². The third-order valence-corrected chi connectivity index (χ3v) is 3.38. The zero-order valence-corrected chi connectivity index (χ0v) is 8.32. The van der Waals surface area contributed by atoms with Crippen molar-refractivity contribution < 1.29 is 19.4 Å². The second kappa shape index (κ2) is 2.79. The van der Waals surface area contributed by atoms with Crippen LogP contribution >= 0.6 is 0 Å². The molecule has 0 aromatic rings. The summed E-state index contributed by atoms with van der Waals surface area (Å²) in [6.07, 6.45) is 0.224. The molecule has 0 aromatic heterocycles. The summed E-state index contributed by atoms with van der Waals surface area (Å²) in [4.78, 5) is 22.7. The van der Waals surface area contributed by atoms with Gasteiger partial charge in [0.2, 0.25) is 0 Å². The number of carbonyl (C=O) groups excluding carboxylic acids is 2. The molecule has 4 nitrogen and oxygen atoms in total. The van der Waals surface area contributed by atoms with E-state index in [2.05, 4.69) is 0 Å². The van der Waals surface area contributed by atoms with Crippen LogP contribution in [0.3, 0.4) is 0 Å². The van der Waals surface area contributed by atoms with Gasteiger partial charge in [0.1, 0.15) is 11.7 Å². The van der Waals surface area contributed by atoms with Gasteiger partial charge in [0.15, 0.2) is 5.78 Å². The summed E-state index contributed by atoms with van der Waals surface area (Å²) in [5, 5.41) is 9.72. The summed E-state index contributed by atoms with van der Waals surface area (Å²) in [6.45, 7) is 3.27. The van der Waals surface area contributed by atoms with Gasteiger partial charge in [0.05, 0.1) is 5.92 Å². The van der Waals surface area contributed by atoms with Crippen molar-refractivity contribution in [2.45, 2.75) is 38.4 Å². The zero-order chi connectivity index (χ0) is 10.5. The molecule has 1 saturated heterocycles. The maximum atomic E-state index is 11.5. The highest BCUT2D eigenvalue weighted by atomic mass is 16.6. The zero-order valence-electron chi connectivity index (χ0n) is 8.32. The van der Waals surface area contributed by atoms with Gasteiger partial charge in [0, 0.05) is 18.8 Å². The lowest BCUT2D eigenvalue weighted by Gasteiger charge is -2.33. The van der Waals surface area contributed by atoms with Crippen molar-refractivity contribution in [3.8, 4) is 0 Å². The Hall–Kier alpha value is -0.900. The number of aliphatic hydroxyl groups is 1. The Balaban J connectivity index is 2.22. The molecule has 14 heavy (non-hydrogen) atoms. The molecular weight excluding hydrogens is 184 g/mol. The monoisotopic (exact) mass is 198 g/mol. The molecule has 0 aromatic carbocycles. The van der Waals surface area contributed by atoms with Crippen molar-refractivity contribution in [1.82, 2.24) is 0 Å². The van der Waals surface area contributed by atoms with E-state index in [9.17, 15) is 14.7 Å². The first-order chi connectivity index (χ1) is 6.42. The van der Waals surface area contributed by atoms with Crippen LogP contribution < -0.4 is 0 Å². The lowest BCUT2D eigenvalue weighted by molar-refractivity contribution is -0.153. The van der Waals surface area contributed by atoms with Gasteiger partial charge < -0.3 is 9.84 Å². The van der Waals surface area contributed by atoms with Gasteiger partial charge in [-0.15, -0.1) is 0 Å². The van der Waals surface area contributed by atoms with Crippen molar-refractivity contribution in [1.29, 1.82) is 0 Å². The largest absolute Gasteiger partial charge is 0.462 e. The number of Topliss-reactive ketones (excluding diaryl/α,β-unsaturated/α-hetero) is 1. The quantitative estimate of drug-likeness (QED) is 0.568. The van der Waals surface area contributed by atoms with E-state index in [0.717, 1.165) is 0 Å². The van der Waals surface area contributed by atoms with E-state index in [1.54, 1.807) is 6.92 Å². The van der Waals surface area contributed by atoms with E-state index in [4.69, 9.17) is 4.74 Å². The molecule has 1 saturated carbocycles. The summed E-state index contributed by atoms with van der Waals surface area (Å²) in [6, 6.07) is 0. The summed E-state index contributed by atoms with van der Waals surface area (Å²) in [7, 11) is 0. The standard InChI is InChI=1S/C10H14O4/c1-5-6-3-8(11)10(2,13)4-7(6)14-9(5)12/h5-7,13H,3-4H2,1-2H3/t5-,6-,7-,10-/m0/s1. The minimum absolute atomic E-state index is 0.0322. The molecule has 0 bridgehead atoms. The second-order valence-electron chi connectivity index (χ2n) is 4.53. The molecule has 2 fully saturated rings. The van der Waals surface area contributed by atoms with Crippen molar-refractivity contribution in [3.05, 3.63) is 0 Å². The average molecular weight is 198 g/mol. The first-order valence-corrected chi connectivity index (χ1v) is 4.88. The first-order valence-electron chi connectivity index (χ1n) is 4.88. The maximum Gasteiger partial charge on any atom is 0.309 e. The molecule has 1 aliphatic heterocycles. The molecule has 4 atom stereocenters. The Kier molecular flexibility index (Phi) is 1.93. The Labute approximate surface area is 82.2 Å². The molecule has 0 unspecified atom stereocenters. The van der Waals surface area contributed by atoms with Crippen LogP contribution in [0.15, 0.2) is 0 Å². The van der Waals surface area contributed by atoms with Crippen LogP contribution in [-0.2, 0) is 14.3 Å². The molecule has 1 aliphatic carbocycles. The normalized spacial score (nSPS) is 47.5.